The van der Waals surface area contributed by atoms with Crippen molar-refractivity contribution in [2.45, 2.75) is 26.3 Å². The van der Waals surface area contributed by atoms with Crippen LogP contribution >= 0.6 is 0 Å². The number of aliphatic hydroxyl groups excluding tert-OH is 1. The van der Waals surface area contributed by atoms with E-state index in [1.807, 2.05) is 7.05 Å². The van der Waals surface area contributed by atoms with Crippen molar-refractivity contribution in [3.63, 3.8) is 0 Å². The van der Waals surface area contributed by atoms with Crippen LogP contribution < -0.4 is 5.32 Å². The lowest BCUT2D eigenvalue weighted by molar-refractivity contribution is 0.217. The van der Waals surface area contributed by atoms with Gasteiger partial charge >= 0.3 is 0 Å². The lowest BCUT2D eigenvalue weighted by atomic mass is 10.2. The zero-order chi connectivity index (χ0) is 10.3. The number of nitrogens with zero attached hydrogens (tertiary/aromatic N) is 1. The highest BCUT2D eigenvalue weighted by atomic mass is 16.3. The first-order valence-electron chi connectivity index (χ1n) is 5.06. The van der Waals surface area contributed by atoms with E-state index in [9.17, 15) is 0 Å². The van der Waals surface area contributed by atoms with E-state index in [2.05, 4.69) is 31.1 Å². The molecule has 3 heteroatoms. The van der Waals surface area contributed by atoms with E-state index in [0.717, 1.165) is 19.5 Å². The molecule has 13 heavy (non-hydrogen) atoms. The smallest absolute Gasteiger partial charge is 0.0585 e. The second-order valence-electron chi connectivity index (χ2n) is 4.11. The second-order valence-corrected chi connectivity index (χ2v) is 4.11. The first-order chi connectivity index (χ1) is 6.10. The zero-order valence-corrected chi connectivity index (χ0v) is 9.38. The highest BCUT2D eigenvalue weighted by molar-refractivity contribution is 4.65. The van der Waals surface area contributed by atoms with Crippen LogP contribution in [0.25, 0.3) is 0 Å². The minimum atomic E-state index is 0.228. The van der Waals surface area contributed by atoms with E-state index >= 15 is 0 Å². The van der Waals surface area contributed by atoms with Crippen molar-refractivity contribution in [2.24, 2.45) is 5.92 Å². The largest absolute Gasteiger partial charge is 0.395 e. The van der Waals surface area contributed by atoms with Gasteiger partial charge in [0.25, 0.3) is 0 Å². The SMILES string of the molecule is CNC(CO)CCN(C)CC(C)C. The van der Waals surface area contributed by atoms with E-state index < -0.39 is 0 Å². The predicted octanol–water partition coefficient (Wildman–Crippen LogP) is 0.545. The van der Waals surface area contributed by atoms with Crippen LogP contribution in [0.2, 0.25) is 0 Å². The fourth-order valence-corrected chi connectivity index (χ4v) is 1.42. The molecule has 1 atom stereocenters. The maximum absolute atomic E-state index is 8.94. The first kappa shape index (κ1) is 12.9. The van der Waals surface area contributed by atoms with E-state index in [1.54, 1.807) is 0 Å². The summed E-state index contributed by atoms with van der Waals surface area (Å²) < 4.78 is 0. The number of hydrogen-bond donors (Lipinski definition) is 2. The zero-order valence-electron chi connectivity index (χ0n) is 9.38. The van der Waals surface area contributed by atoms with E-state index in [4.69, 9.17) is 5.11 Å². The Bertz CT molecular complexity index is 113. The molecule has 2 N–H and O–H groups in total. The minimum absolute atomic E-state index is 0.228. The Morgan fingerprint density at radius 2 is 2.00 bits per heavy atom. The van der Waals surface area contributed by atoms with Gasteiger partial charge in [-0.1, -0.05) is 13.8 Å². The second kappa shape index (κ2) is 7.30. The molecule has 0 saturated heterocycles. The number of hydrogen-bond acceptors (Lipinski definition) is 3. The van der Waals surface area contributed by atoms with Gasteiger partial charge in [-0.05, 0) is 33.0 Å². The third kappa shape index (κ3) is 6.99. The van der Waals surface area contributed by atoms with Gasteiger partial charge in [0.15, 0.2) is 0 Å². The molecule has 0 aliphatic carbocycles. The lowest BCUT2D eigenvalue weighted by Crippen LogP contribution is -2.34. The van der Waals surface area contributed by atoms with Crippen LogP contribution in [-0.2, 0) is 0 Å². The van der Waals surface area contributed by atoms with Crippen molar-refractivity contribution in [2.75, 3.05) is 33.8 Å². The van der Waals surface area contributed by atoms with Crippen molar-refractivity contribution in [3.05, 3.63) is 0 Å². The molecule has 0 aromatic carbocycles. The minimum Gasteiger partial charge on any atom is -0.395 e. The number of aliphatic hydroxyl groups is 1. The Labute approximate surface area is 82.1 Å². The molecule has 3 nitrogen and oxygen atoms in total. The molecule has 0 aliphatic heterocycles. The average Bonchev–Trinajstić information content (AvgIpc) is 2.05. The Morgan fingerprint density at radius 1 is 1.38 bits per heavy atom. The standard InChI is InChI=1S/C10H24N2O/c1-9(2)7-12(4)6-5-10(8-13)11-3/h9-11,13H,5-8H2,1-4H3. The van der Waals surface area contributed by atoms with Gasteiger partial charge in [-0.2, -0.15) is 0 Å². The lowest BCUT2D eigenvalue weighted by Gasteiger charge is -2.21. The monoisotopic (exact) mass is 188 g/mol. The summed E-state index contributed by atoms with van der Waals surface area (Å²) in [5.74, 6) is 0.715. The summed E-state index contributed by atoms with van der Waals surface area (Å²) in [6, 6.07) is 0.245. The van der Waals surface area contributed by atoms with Crippen molar-refractivity contribution >= 4 is 0 Å². The molecule has 0 spiro atoms. The Morgan fingerprint density at radius 3 is 2.38 bits per heavy atom. The van der Waals surface area contributed by atoms with Gasteiger partial charge in [-0.25, -0.2) is 0 Å². The molecule has 0 fully saturated rings. The molecule has 1 unspecified atom stereocenters. The van der Waals surface area contributed by atoms with Crippen LogP contribution in [0, 0.1) is 5.92 Å². The van der Waals surface area contributed by atoms with Crippen molar-refractivity contribution in [3.8, 4) is 0 Å². The molecule has 0 amide bonds. The van der Waals surface area contributed by atoms with E-state index in [1.165, 1.54) is 0 Å². The molecule has 0 aromatic heterocycles. The number of likely N-dealkylation sites (N-methyl/N-ethyl adjacent to an activating group) is 1. The van der Waals surface area contributed by atoms with Gasteiger partial charge in [0, 0.05) is 12.6 Å². The molecule has 0 aromatic rings. The normalized spacial score (nSPS) is 14.1. The molecular formula is C10H24N2O. The highest BCUT2D eigenvalue weighted by Crippen LogP contribution is 1.98. The van der Waals surface area contributed by atoms with Crippen LogP contribution in [0.1, 0.15) is 20.3 Å². The molecule has 0 radical (unpaired) electrons. The summed E-state index contributed by atoms with van der Waals surface area (Å²) in [4.78, 5) is 2.31. The summed E-state index contributed by atoms with van der Waals surface area (Å²) >= 11 is 0. The Hall–Kier alpha value is -0.120. The molecule has 80 valence electrons. The molecule has 0 saturated carbocycles. The molecule has 0 aliphatic rings. The van der Waals surface area contributed by atoms with Gasteiger partial charge in [-0.15, -0.1) is 0 Å². The maximum atomic E-state index is 8.94. The van der Waals surface area contributed by atoms with Crippen LogP contribution in [0.4, 0.5) is 0 Å². The van der Waals surface area contributed by atoms with Gasteiger partial charge in [-0.3, -0.25) is 0 Å². The van der Waals surface area contributed by atoms with Gasteiger partial charge in [0.05, 0.1) is 6.61 Å². The average molecular weight is 188 g/mol. The van der Waals surface area contributed by atoms with Crippen molar-refractivity contribution < 1.29 is 5.11 Å². The third-order valence-electron chi connectivity index (χ3n) is 2.16. The van der Waals surface area contributed by atoms with Crippen molar-refractivity contribution in [1.29, 1.82) is 0 Å². The summed E-state index contributed by atoms with van der Waals surface area (Å²) in [5, 5.41) is 12.0. The van der Waals surface area contributed by atoms with Crippen LogP contribution in [-0.4, -0.2) is 49.8 Å². The van der Waals surface area contributed by atoms with Crippen LogP contribution in [0.5, 0.6) is 0 Å². The van der Waals surface area contributed by atoms with Crippen molar-refractivity contribution in [1.82, 2.24) is 10.2 Å². The molecular weight excluding hydrogens is 164 g/mol. The summed E-state index contributed by atoms with van der Waals surface area (Å²) in [7, 11) is 4.02. The van der Waals surface area contributed by atoms with Crippen LogP contribution in [0.15, 0.2) is 0 Å². The fraction of sp³-hybridized carbons (Fsp3) is 1.00. The quantitative estimate of drug-likeness (QED) is 0.612. The molecule has 0 rings (SSSR count). The Balaban J connectivity index is 3.49. The molecule has 0 bridgehead atoms. The fourth-order valence-electron chi connectivity index (χ4n) is 1.42. The van der Waals surface area contributed by atoms with Gasteiger partial charge in [0.1, 0.15) is 0 Å². The predicted molar refractivity (Wildman–Crippen MR) is 56.9 cm³/mol. The first-order valence-corrected chi connectivity index (χ1v) is 5.06. The number of rotatable bonds is 7. The summed E-state index contributed by atoms with van der Waals surface area (Å²) in [6.07, 6.45) is 1.01. The maximum Gasteiger partial charge on any atom is 0.0585 e. The summed E-state index contributed by atoms with van der Waals surface area (Å²) in [5.41, 5.74) is 0. The molecule has 0 heterocycles. The van der Waals surface area contributed by atoms with Gasteiger partial charge in [0.2, 0.25) is 0 Å². The van der Waals surface area contributed by atoms with Crippen LogP contribution in [0.3, 0.4) is 0 Å². The van der Waals surface area contributed by atoms with E-state index in [-0.39, 0.29) is 12.6 Å². The topological polar surface area (TPSA) is 35.5 Å². The number of nitrogens with one attached hydrogen (secondary N) is 1. The van der Waals surface area contributed by atoms with E-state index in [0.29, 0.717) is 5.92 Å². The highest BCUT2D eigenvalue weighted by Gasteiger charge is 2.06. The van der Waals surface area contributed by atoms with Gasteiger partial charge < -0.3 is 15.3 Å². The third-order valence-corrected chi connectivity index (χ3v) is 2.16. The summed E-state index contributed by atoms with van der Waals surface area (Å²) in [6.45, 7) is 6.84. The Kier molecular flexibility index (Phi) is 7.23.